The zero-order valence-electron chi connectivity index (χ0n) is 44.6. The van der Waals surface area contributed by atoms with Crippen LogP contribution in [0.3, 0.4) is 0 Å². The Bertz CT molecular complexity index is 2860. The number of nitrogens with zero attached hydrogens (tertiary/aromatic N) is 8. The Morgan fingerprint density at radius 1 is 0.750 bits per heavy atom. The summed E-state index contributed by atoms with van der Waals surface area (Å²) in [6.45, 7) is 1.37. The average Bonchev–Trinajstić information content (AvgIpc) is 4.01. The molecule has 0 unspecified atom stereocenters. The molecule has 80 heavy (non-hydrogen) atoms. The van der Waals surface area contributed by atoms with Crippen molar-refractivity contribution < 1.29 is 43.5 Å². The number of carboxylic acid groups (broad SMARTS) is 1. The minimum atomic E-state index is -1.19. The fourth-order valence-corrected chi connectivity index (χ4v) is 10.5. The SMILES string of the molecule is CN(Cc1cnc2nc(N)nc(N)c2n1)c1ccc(C(=O)N[C@H](CCC(=O)O)C(=O)NCCCNC(=O)[C@@H](CCCCNC(=O)CCCCCNC(=O)CCCC[C@@H]2SC[C@H]3NC(=O)N[C@@H]23)NC(=O)c2ccc(N=[N+]=[N-])cc2)cc1. The molecule has 0 aliphatic carbocycles. The number of carboxylic acids is 1. The van der Waals surface area contributed by atoms with E-state index in [0.717, 1.165) is 43.5 Å². The van der Waals surface area contributed by atoms with Gasteiger partial charge in [-0.05, 0) is 99.7 Å². The molecule has 2 aliphatic heterocycles. The van der Waals surface area contributed by atoms with Crippen LogP contribution in [0.1, 0.15) is 116 Å². The molecule has 0 spiro atoms. The number of azide groups is 1. The van der Waals surface area contributed by atoms with Gasteiger partial charge in [-0.1, -0.05) is 30.1 Å². The summed E-state index contributed by atoms with van der Waals surface area (Å²) in [7, 11) is 1.81. The van der Waals surface area contributed by atoms with Crippen LogP contribution in [0.25, 0.3) is 21.6 Å². The molecule has 5 atom stereocenters. The van der Waals surface area contributed by atoms with E-state index in [0.29, 0.717) is 73.9 Å². The van der Waals surface area contributed by atoms with Gasteiger partial charge in [-0.3, -0.25) is 33.6 Å². The molecule has 2 fully saturated rings. The number of benzene rings is 2. The standard InChI is InChI=1S/C52H70N18O9S/c1-70(29-34-28-60-46-44(61-34)45(53)66-51(54)67-46)35-20-16-32(17-21-35)48(76)63-37(22-23-42(73)74)50(78)59-27-9-26-58-49(77)36(62-47(75)31-14-18-33(19-15-31)68-69-55)10-6-8-25-57-40(71)12-3-2-7-24-56-41(72)13-5-4-11-39-43-38(30-80-39)64-52(79)65-43/h14-21,28,36-39,43H,2-13,22-27,29-30H2,1H3,(H,56,72)(H,57,71)(H,58,77)(H,59,78)(H,62,75)(H,63,76)(H,73,74)(H2,64,65,79)(H4,53,54,60,66,67)/t36-,37-,38-,39+,43-/m1/s1. The predicted molar refractivity (Wildman–Crippen MR) is 300 cm³/mol. The smallest absolute Gasteiger partial charge is 0.315 e. The molecule has 13 N–H and O–H groups in total. The second-order valence-corrected chi connectivity index (χ2v) is 20.7. The van der Waals surface area contributed by atoms with Crippen LogP contribution in [0.15, 0.2) is 59.8 Å². The van der Waals surface area contributed by atoms with Gasteiger partial charge >= 0.3 is 12.0 Å². The van der Waals surface area contributed by atoms with Crippen LogP contribution >= 0.6 is 11.8 Å². The Kier molecular flexibility index (Phi) is 23.7. The summed E-state index contributed by atoms with van der Waals surface area (Å²) in [5, 5.41) is 36.0. The number of aliphatic carboxylic acids is 1. The van der Waals surface area contributed by atoms with Gasteiger partial charge in [0.1, 0.15) is 12.1 Å². The summed E-state index contributed by atoms with van der Waals surface area (Å²) in [6, 6.07) is 10.5. The second-order valence-electron chi connectivity index (χ2n) is 19.4. The summed E-state index contributed by atoms with van der Waals surface area (Å²) in [6.07, 6.45) is 8.05. The minimum absolute atomic E-state index is 0.0106. The number of nitrogens with two attached hydrogens (primary N) is 2. The maximum atomic E-state index is 13.5. The maximum Gasteiger partial charge on any atom is 0.315 e. The zero-order chi connectivity index (χ0) is 57.4. The van der Waals surface area contributed by atoms with E-state index in [1.54, 1.807) is 30.5 Å². The number of thioether (sulfide) groups is 1. The van der Waals surface area contributed by atoms with Gasteiger partial charge in [0.05, 0.1) is 30.5 Å². The van der Waals surface area contributed by atoms with Crippen molar-refractivity contribution in [1.82, 2.24) is 62.5 Å². The van der Waals surface area contributed by atoms with Crippen molar-refractivity contribution in [2.45, 2.75) is 126 Å². The van der Waals surface area contributed by atoms with Gasteiger partial charge in [-0.25, -0.2) is 14.8 Å². The number of hydrogen-bond acceptors (Lipinski definition) is 17. The molecule has 8 amide bonds. The Morgan fingerprint density at radius 2 is 1.35 bits per heavy atom. The van der Waals surface area contributed by atoms with E-state index in [1.807, 2.05) is 23.7 Å². The molecule has 428 valence electrons. The lowest BCUT2D eigenvalue weighted by molar-refractivity contribution is -0.137. The Hall–Kier alpha value is -8.52. The van der Waals surface area contributed by atoms with Crippen molar-refractivity contribution in [3.8, 4) is 0 Å². The third-order valence-electron chi connectivity index (χ3n) is 13.3. The van der Waals surface area contributed by atoms with Crippen molar-refractivity contribution >= 4 is 93.5 Å². The van der Waals surface area contributed by atoms with E-state index in [-0.39, 0.29) is 90.8 Å². The van der Waals surface area contributed by atoms with E-state index in [2.05, 4.69) is 72.5 Å². The first-order valence-electron chi connectivity index (χ1n) is 26.7. The number of carbonyl (C=O) groups excluding carboxylic acids is 7. The molecule has 2 saturated heterocycles. The number of urea groups is 1. The van der Waals surface area contributed by atoms with Gasteiger partial charge in [0.2, 0.25) is 29.6 Å². The van der Waals surface area contributed by atoms with Gasteiger partial charge in [-0.15, -0.1) is 0 Å². The maximum absolute atomic E-state index is 13.5. The lowest BCUT2D eigenvalue weighted by atomic mass is 10.0. The molecular formula is C52H70N18O9S. The van der Waals surface area contributed by atoms with E-state index < -0.39 is 48.1 Å². The highest BCUT2D eigenvalue weighted by molar-refractivity contribution is 8.00. The lowest BCUT2D eigenvalue weighted by Gasteiger charge is -2.20. The molecule has 27 nitrogen and oxygen atoms in total. The first-order chi connectivity index (χ1) is 38.6. The first kappa shape index (κ1) is 60.7. The predicted octanol–water partition coefficient (Wildman–Crippen LogP) is 3.24. The number of nitrogens with one attached hydrogen (secondary N) is 8. The molecule has 6 rings (SSSR count). The van der Waals surface area contributed by atoms with Crippen molar-refractivity contribution in [2.75, 3.05) is 55.3 Å². The van der Waals surface area contributed by atoms with Gasteiger partial charge in [0, 0.05) is 90.9 Å². The Labute approximate surface area is 466 Å². The molecular weight excluding hydrogens is 1050 g/mol. The Morgan fingerprint density at radius 3 is 1.99 bits per heavy atom. The van der Waals surface area contributed by atoms with Crippen molar-refractivity contribution in [1.29, 1.82) is 0 Å². The molecule has 4 aromatic rings. The van der Waals surface area contributed by atoms with Crippen molar-refractivity contribution in [3.05, 3.63) is 82.0 Å². The van der Waals surface area contributed by atoms with Crippen LogP contribution in [0.5, 0.6) is 0 Å². The monoisotopic (exact) mass is 1120 g/mol. The number of amides is 8. The van der Waals surface area contributed by atoms with Crippen LogP contribution in [0.4, 0.5) is 27.9 Å². The number of nitrogen functional groups attached to an aromatic ring is 2. The Balaban J connectivity index is 0.882. The van der Waals surface area contributed by atoms with E-state index in [1.165, 1.54) is 24.3 Å². The highest BCUT2D eigenvalue weighted by atomic mass is 32.2. The molecule has 2 aromatic heterocycles. The van der Waals surface area contributed by atoms with Crippen LogP contribution in [0, 0.1) is 0 Å². The van der Waals surface area contributed by atoms with Gasteiger partial charge in [0.15, 0.2) is 17.0 Å². The fraction of sp³-hybridized carbons (Fsp3) is 0.500. The third-order valence-corrected chi connectivity index (χ3v) is 14.8. The van der Waals surface area contributed by atoms with E-state index >= 15 is 0 Å². The normalized spacial score (nSPS) is 15.9. The number of unbranched alkanes of at least 4 members (excludes halogenated alkanes) is 4. The number of aromatic nitrogens is 4. The molecule has 0 saturated carbocycles. The number of hydrogen-bond donors (Lipinski definition) is 11. The molecule has 28 heteroatoms. The highest BCUT2D eigenvalue weighted by Crippen LogP contribution is 2.33. The molecule has 4 heterocycles. The van der Waals surface area contributed by atoms with E-state index in [4.69, 9.17) is 17.0 Å². The highest BCUT2D eigenvalue weighted by Gasteiger charge is 2.42. The summed E-state index contributed by atoms with van der Waals surface area (Å²) >= 11 is 1.86. The number of carbonyl (C=O) groups is 8. The van der Waals surface area contributed by atoms with Gasteiger partial charge < -0.3 is 64.0 Å². The van der Waals surface area contributed by atoms with Crippen LogP contribution in [0.2, 0.25) is 0 Å². The quantitative estimate of drug-likeness (QED) is 0.0107. The first-order valence-corrected chi connectivity index (χ1v) is 27.7. The summed E-state index contributed by atoms with van der Waals surface area (Å²) in [5.41, 5.74) is 23.0. The van der Waals surface area contributed by atoms with Gasteiger partial charge in [-0.2, -0.15) is 21.7 Å². The largest absolute Gasteiger partial charge is 0.481 e. The van der Waals surface area contributed by atoms with Crippen LogP contribution in [-0.4, -0.2) is 141 Å². The molecule has 2 aromatic carbocycles. The zero-order valence-corrected chi connectivity index (χ0v) is 45.4. The summed E-state index contributed by atoms with van der Waals surface area (Å²) in [5.74, 6) is -2.50. The van der Waals surface area contributed by atoms with E-state index in [9.17, 15) is 43.5 Å². The van der Waals surface area contributed by atoms with Crippen LogP contribution < -0.4 is 58.9 Å². The average molecular weight is 1120 g/mol. The number of anilines is 3. The van der Waals surface area contributed by atoms with Crippen LogP contribution in [-0.2, 0) is 30.5 Å². The minimum Gasteiger partial charge on any atom is -0.481 e. The summed E-state index contributed by atoms with van der Waals surface area (Å²) < 4.78 is 0. The summed E-state index contributed by atoms with van der Waals surface area (Å²) in [4.78, 5) is 123. The topological polar surface area (TPSA) is 409 Å². The lowest BCUT2D eigenvalue weighted by Crippen LogP contribution is -2.48. The molecule has 0 radical (unpaired) electrons. The number of rotatable bonds is 33. The van der Waals surface area contributed by atoms with Crippen molar-refractivity contribution in [3.63, 3.8) is 0 Å². The van der Waals surface area contributed by atoms with Gasteiger partial charge in [0.25, 0.3) is 11.8 Å². The van der Waals surface area contributed by atoms with Crippen molar-refractivity contribution in [2.24, 2.45) is 5.11 Å². The molecule has 0 bridgehead atoms. The number of fused-ring (bicyclic) bond motifs is 2. The second kappa shape index (κ2) is 31.2. The third kappa shape index (κ3) is 19.4. The fourth-order valence-electron chi connectivity index (χ4n) is 9.01. The molecule has 2 aliphatic rings.